The van der Waals surface area contributed by atoms with Gasteiger partial charge in [-0.05, 0) is 69.3 Å². The van der Waals surface area contributed by atoms with Gasteiger partial charge in [0.1, 0.15) is 11.7 Å². The molecule has 0 spiro atoms. The molecule has 1 N–H and O–H groups in total. The van der Waals surface area contributed by atoms with Crippen molar-refractivity contribution in [3.05, 3.63) is 52.7 Å². The molecule has 3 fully saturated rings. The van der Waals surface area contributed by atoms with Crippen LogP contribution in [-0.4, -0.2) is 71.9 Å². The number of rotatable bonds is 6. The van der Waals surface area contributed by atoms with Crippen LogP contribution >= 0.6 is 0 Å². The molecule has 1 amide bonds. The summed E-state index contributed by atoms with van der Waals surface area (Å²) in [7, 11) is 0. The summed E-state index contributed by atoms with van der Waals surface area (Å²) in [6, 6.07) is 10.5. The van der Waals surface area contributed by atoms with Crippen molar-refractivity contribution in [2.75, 3.05) is 26.2 Å². The van der Waals surface area contributed by atoms with Gasteiger partial charge in [-0.1, -0.05) is 12.1 Å². The minimum absolute atomic E-state index is 0.142. The second-order valence-electron chi connectivity index (χ2n) is 11.1. The number of aromatic nitrogens is 4. The van der Waals surface area contributed by atoms with Crippen LogP contribution in [0.15, 0.2) is 41.6 Å². The normalized spacial score (nSPS) is 20.5. The molecule has 2 aromatic heterocycles. The maximum atomic E-state index is 13.3. The lowest BCUT2D eigenvalue weighted by Gasteiger charge is -2.38. The number of nitrogens with zero attached hydrogens (tertiary/aromatic N) is 7. The lowest BCUT2D eigenvalue weighted by Crippen LogP contribution is -2.50. The molecule has 2 saturated heterocycles. The van der Waals surface area contributed by atoms with E-state index in [1.54, 1.807) is 10.9 Å². The average Bonchev–Trinajstić information content (AvgIpc) is 3.69. The van der Waals surface area contributed by atoms with E-state index in [1.165, 1.54) is 10.9 Å². The molecule has 0 atom stereocenters. The highest BCUT2D eigenvalue weighted by atomic mass is 16.3. The highest BCUT2D eigenvalue weighted by Crippen LogP contribution is 2.33. The predicted octanol–water partition coefficient (Wildman–Crippen LogP) is 2.08. The van der Waals surface area contributed by atoms with Gasteiger partial charge in [0.25, 0.3) is 5.56 Å². The second kappa shape index (κ2) is 9.97. The summed E-state index contributed by atoms with van der Waals surface area (Å²) in [5.41, 5.74) is 1.17. The van der Waals surface area contributed by atoms with Crippen LogP contribution in [0.4, 0.5) is 0 Å². The van der Waals surface area contributed by atoms with E-state index in [4.69, 9.17) is 5.26 Å². The maximum Gasteiger partial charge on any atom is 0.264 e. The Morgan fingerprint density at radius 3 is 2.61 bits per heavy atom. The van der Waals surface area contributed by atoms with Crippen LogP contribution in [0.1, 0.15) is 44.1 Å². The first-order valence-corrected chi connectivity index (χ1v) is 13.6. The minimum Gasteiger partial charge on any atom is -0.388 e. The molecule has 6 rings (SSSR count). The third kappa shape index (κ3) is 4.96. The van der Waals surface area contributed by atoms with Gasteiger partial charge >= 0.3 is 0 Å². The fourth-order valence-corrected chi connectivity index (χ4v) is 5.72. The minimum atomic E-state index is -1.05. The van der Waals surface area contributed by atoms with Crippen molar-refractivity contribution in [3.63, 3.8) is 0 Å². The van der Waals surface area contributed by atoms with E-state index in [0.29, 0.717) is 37.0 Å². The zero-order valence-electron chi connectivity index (χ0n) is 21.5. The number of carbonyl (C=O) groups excluding carboxylic acids is 1. The van der Waals surface area contributed by atoms with Gasteiger partial charge in [-0.2, -0.15) is 10.4 Å². The summed E-state index contributed by atoms with van der Waals surface area (Å²) >= 11 is 0. The summed E-state index contributed by atoms with van der Waals surface area (Å²) in [5, 5.41) is 25.2. The number of hydrogen-bond donors (Lipinski definition) is 1. The quantitative estimate of drug-likeness (QED) is 0.534. The zero-order chi connectivity index (χ0) is 26.3. The summed E-state index contributed by atoms with van der Waals surface area (Å²) < 4.78 is 3.15. The van der Waals surface area contributed by atoms with E-state index in [1.807, 2.05) is 17.0 Å². The Morgan fingerprint density at radius 2 is 1.89 bits per heavy atom. The van der Waals surface area contributed by atoms with Gasteiger partial charge in [0, 0.05) is 31.5 Å². The van der Waals surface area contributed by atoms with Crippen LogP contribution in [0.5, 0.6) is 0 Å². The van der Waals surface area contributed by atoms with Gasteiger partial charge in [-0.25, -0.2) is 9.67 Å². The van der Waals surface area contributed by atoms with Crippen LogP contribution < -0.4 is 5.56 Å². The van der Waals surface area contributed by atoms with Crippen LogP contribution in [0.25, 0.3) is 16.7 Å². The van der Waals surface area contributed by atoms with Gasteiger partial charge in [0.2, 0.25) is 5.91 Å². The molecular formula is C28H33N7O3. The number of carbonyl (C=O) groups is 1. The third-order valence-corrected chi connectivity index (χ3v) is 8.28. The van der Waals surface area contributed by atoms with Crippen molar-refractivity contribution >= 4 is 16.9 Å². The molecule has 0 bridgehead atoms. The number of aliphatic hydroxyl groups is 1. The number of fused-ring (bicyclic) bond motifs is 1. The first kappa shape index (κ1) is 24.8. The molecule has 0 unspecified atom stereocenters. The highest BCUT2D eigenvalue weighted by molar-refractivity contribution is 5.81. The molecule has 10 nitrogen and oxygen atoms in total. The monoisotopic (exact) mass is 515 g/mol. The van der Waals surface area contributed by atoms with Gasteiger partial charge < -0.3 is 10.0 Å². The molecule has 10 heteroatoms. The van der Waals surface area contributed by atoms with Crippen molar-refractivity contribution in [1.29, 1.82) is 5.26 Å². The van der Waals surface area contributed by atoms with Crippen LogP contribution in [0.3, 0.4) is 0 Å². The third-order valence-electron chi connectivity index (χ3n) is 8.28. The van der Waals surface area contributed by atoms with E-state index >= 15 is 0 Å². The number of likely N-dealkylation sites (tertiary alicyclic amines) is 2. The van der Waals surface area contributed by atoms with E-state index < -0.39 is 5.60 Å². The summed E-state index contributed by atoms with van der Waals surface area (Å²) in [5.74, 6) is 0.537. The van der Waals surface area contributed by atoms with E-state index in [0.717, 1.165) is 56.6 Å². The number of nitriles is 1. The number of hydrogen-bond acceptors (Lipinski definition) is 7. The molecule has 1 saturated carbocycles. The number of amides is 1. The van der Waals surface area contributed by atoms with Gasteiger partial charge in [-0.15, -0.1) is 0 Å². The van der Waals surface area contributed by atoms with Crippen molar-refractivity contribution in [2.45, 2.75) is 57.2 Å². The van der Waals surface area contributed by atoms with Gasteiger partial charge in [0.05, 0.1) is 30.1 Å². The Balaban J connectivity index is 1.16. The van der Waals surface area contributed by atoms with Crippen LogP contribution in [0, 0.1) is 23.2 Å². The Labute approximate surface area is 221 Å². The Morgan fingerprint density at radius 1 is 1.13 bits per heavy atom. The molecule has 1 aliphatic carbocycles. The molecule has 38 heavy (non-hydrogen) atoms. The summed E-state index contributed by atoms with van der Waals surface area (Å²) in [6.45, 7) is 3.80. The van der Waals surface area contributed by atoms with E-state index in [2.05, 4.69) is 33.2 Å². The molecule has 1 aromatic carbocycles. The lowest BCUT2D eigenvalue weighted by molar-refractivity contribution is -0.137. The lowest BCUT2D eigenvalue weighted by atomic mass is 9.91. The van der Waals surface area contributed by atoms with E-state index in [9.17, 15) is 14.7 Å². The average molecular weight is 516 g/mol. The zero-order valence-corrected chi connectivity index (χ0v) is 21.5. The largest absolute Gasteiger partial charge is 0.388 e. The molecule has 0 radical (unpaired) electrons. The summed E-state index contributed by atoms with van der Waals surface area (Å²) in [4.78, 5) is 34.4. The first-order valence-electron chi connectivity index (χ1n) is 13.6. The van der Waals surface area contributed by atoms with Crippen molar-refractivity contribution in [2.24, 2.45) is 11.8 Å². The van der Waals surface area contributed by atoms with Crippen molar-refractivity contribution in [1.82, 2.24) is 29.1 Å². The molecule has 198 valence electrons. The van der Waals surface area contributed by atoms with Crippen molar-refractivity contribution in [3.8, 4) is 11.8 Å². The molecule has 2 aliphatic heterocycles. The fraction of sp³-hybridized carbons (Fsp3) is 0.536. The van der Waals surface area contributed by atoms with Crippen molar-refractivity contribution < 1.29 is 9.90 Å². The predicted molar refractivity (Wildman–Crippen MR) is 140 cm³/mol. The second-order valence-corrected chi connectivity index (χ2v) is 11.1. The number of benzene rings is 1. The first-order chi connectivity index (χ1) is 18.4. The Kier molecular flexibility index (Phi) is 6.50. The standard InChI is InChI=1S/C28H33N7O3/c29-15-20-6-10-32(11-7-20)17-21-2-1-3-23(14-21)35-25-24(16-31-35)27(37)34(19-30-25)18-28(38)8-12-33(13-9-28)26(36)22-4-5-22/h1-3,14,16,19-20,22,38H,4-13,17-18H2. The summed E-state index contributed by atoms with van der Waals surface area (Å²) in [6.07, 6.45) is 7.67. The fourth-order valence-electron chi connectivity index (χ4n) is 5.72. The van der Waals surface area contributed by atoms with E-state index in [-0.39, 0.29) is 29.8 Å². The highest BCUT2D eigenvalue weighted by Gasteiger charge is 2.39. The smallest absolute Gasteiger partial charge is 0.264 e. The maximum absolute atomic E-state index is 13.3. The van der Waals surface area contributed by atoms with Crippen LogP contribution in [-0.2, 0) is 17.9 Å². The molecule has 3 aliphatic rings. The molecule has 3 aromatic rings. The SMILES string of the molecule is N#CC1CCN(Cc2cccc(-n3ncc4c(=O)n(CC5(O)CCN(C(=O)C6CC6)CC5)cnc43)c2)CC1. The molecule has 4 heterocycles. The van der Waals surface area contributed by atoms with Crippen LogP contribution in [0.2, 0.25) is 0 Å². The topological polar surface area (TPSA) is 120 Å². The van der Waals surface area contributed by atoms with Gasteiger partial charge in [-0.3, -0.25) is 19.1 Å². The number of piperidine rings is 2. The Bertz CT molecular complexity index is 1430. The molecular weight excluding hydrogens is 482 g/mol. The Hall–Kier alpha value is -3.55. The van der Waals surface area contributed by atoms with Gasteiger partial charge in [0.15, 0.2) is 5.65 Å².